The van der Waals surface area contributed by atoms with Crippen LogP contribution in [0.4, 0.5) is 0 Å². The van der Waals surface area contributed by atoms with Gasteiger partial charge in [-0.25, -0.2) is 4.79 Å². The molecule has 0 spiro atoms. The van der Waals surface area contributed by atoms with Gasteiger partial charge in [0.1, 0.15) is 0 Å². The summed E-state index contributed by atoms with van der Waals surface area (Å²) in [5.41, 5.74) is 2.37. The van der Waals surface area contributed by atoms with Gasteiger partial charge in [0.25, 0.3) is 0 Å². The van der Waals surface area contributed by atoms with Gasteiger partial charge in [-0.05, 0) is 32.4 Å². The van der Waals surface area contributed by atoms with E-state index in [4.69, 9.17) is 4.84 Å². The Bertz CT molecular complexity index is 412. The number of hydrogen-bond donors (Lipinski definition) is 0. The van der Waals surface area contributed by atoms with Crippen LogP contribution in [0.1, 0.15) is 36.2 Å². The molecule has 0 amide bonds. The number of nitrogens with zero attached hydrogens (tertiary/aromatic N) is 1. The second-order valence-electron chi connectivity index (χ2n) is 3.85. The van der Waals surface area contributed by atoms with Crippen LogP contribution in [0.25, 0.3) is 0 Å². The van der Waals surface area contributed by atoms with E-state index in [9.17, 15) is 4.79 Å². The van der Waals surface area contributed by atoms with E-state index in [0.29, 0.717) is 5.56 Å². The van der Waals surface area contributed by atoms with E-state index >= 15 is 0 Å². The van der Waals surface area contributed by atoms with Crippen LogP contribution in [0.2, 0.25) is 0 Å². The second-order valence-corrected chi connectivity index (χ2v) is 4.96. The molecule has 0 fully saturated rings. The lowest BCUT2D eigenvalue weighted by molar-refractivity contribution is 0.0515. The molecule has 4 heteroatoms. The Kier molecular flexibility index (Phi) is 5.35. The molecule has 3 nitrogen and oxygen atoms in total. The maximum Gasteiger partial charge on any atom is 0.365 e. The lowest BCUT2D eigenvalue weighted by atomic mass is 10.2. The minimum atomic E-state index is -0.430. The number of hydrogen-bond acceptors (Lipinski definition) is 3. The summed E-state index contributed by atoms with van der Waals surface area (Å²) < 4.78 is 0. The SMILES string of the molecule is CCC(Br)C(C)=NOC(=O)c1ccc(C)cc1. The highest BCUT2D eigenvalue weighted by Gasteiger charge is 2.09. The summed E-state index contributed by atoms with van der Waals surface area (Å²) in [6.45, 7) is 5.82. The number of carbonyl (C=O) groups is 1. The number of benzene rings is 1. The zero-order valence-corrected chi connectivity index (χ0v) is 11.8. The van der Waals surface area contributed by atoms with Gasteiger partial charge in [0, 0.05) is 0 Å². The van der Waals surface area contributed by atoms with Crippen molar-refractivity contribution in [2.75, 3.05) is 0 Å². The molecule has 1 unspecified atom stereocenters. The first kappa shape index (κ1) is 13.9. The molecule has 1 aromatic carbocycles. The molecular formula is C13H16BrNO2. The molecule has 0 aromatic heterocycles. The van der Waals surface area contributed by atoms with Crippen molar-refractivity contribution in [2.45, 2.75) is 32.0 Å². The van der Waals surface area contributed by atoms with Crippen molar-refractivity contribution >= 4 is 27.6 Å². The van der Waals surface area contributed by atoms with Crippen LogP contribution >= 0.6 is 15.9 Å². The van der Waals surface area contributed by atoms with Crippen LogP contribution in [0.3, 0.4) is 0 Å². The summed E-state index contributed by atoms with van der Waals surface area (Å²) in [4.78, 5) is 16.6. The molecule has 1 aromatic rings. The molecular weight excluding hydrogens is 282 g/mol. The van der Waals surface area contributed by atoms with Gasteiger partial charge in [-0.15, -0.1) is 0 Å². The summed E-state index contributed by atoms with van der Waals surface area (Å²) in [6.07, 6.45) is 0.900. The first-order valence-corrected chi connectivity index (χ1v) is 6.42. The summed E-state index contributed by atoms with van der Waals surface area (Å²) in [7, 11) is 0. The summed E-state index contributed by atoms with van der Waals surface area (Å²) in [5.74, 6) is -0.430. The zero-order valence-electron chi connectivity index (χ0n) is 10.2. The van der Waals surface area contributed by atoms with Crippen LogP contribution in [-0.4, -0.2) is 16.5 Å². The Morgan fingerprint density at radius 2 is 2.00 bits per heavy atom. The molecule has 1 atom stereocenters. The van der Waals surface area contributed by atoms with Crippen LogP contribution in [0.15, 0.2) is 29.4 Å². The largest absolute Gasteiger partial charge is 0.365 e. The highest BCUT2D eigenvalue weighted by molar-refractivity contribution is 9.10. The van der Waals surface area contributed by atoms with Crippen molar-refractivity contribution in [1.82, 2.24) is 0 Å². The lowest BCUT2D eigenvalue weighted by Crippen LogP contribution is -2.11. The smallest absolute Gasteiger partial charge is 0.313 e. The number of rotatable bonds is 4. The minimum absolute atomic E-state index is 0.147. The van der Waals surface area contributed by atoms with E-state index in [1.54, 1.807) is 12.1 Å². The molecule has 0 radical (unpaired) electrons. The maximum absolute atomic E-state index is 11.6. The van der Waals surface area contributed by atoms with E-state index in [1.807, 2.05) is 32.9 Å². The van der Waals surface area contributed by atoms with E-state index < -0.39 is 5.97 Å². The third-order valence-corrected chi connectivity index (χ3v) is 3.68. The Morgan fingerprint density at radius 1 is 1.41 bits per heavy atom. The number of aryl methyl sites for hydroxylation is 1. The van der Waals surface area contributed by atoms with Crippen LogP contribution in [0.5, 0.6) is 0 Å². The number of halogens is 1. The number of alkyl halides is 1. The van der Waals surface area contributed by atoms with Gasteiger partial charge in [0.05, 0.1) is 16.1 Å². The molecule has 0 heterocycles. The van der Waals surface area contributed by atoms with Gasteiger partial charge in [0.2, 0.25) is 0 Å². The summed E-state index contributed by atoms with van der Waals surface area (Å²) in [5, 5.41) is 3.81. The van der Waals surface area contributed by atoms with Gasteiger partial charge in [-0.2, -0.15) is 0 Å². The standard InChI is InChI=1S/C13H16BrNO2/c1-4-12(14)10(3)15-17-13(16)11-7-5-9(2)6-8-11/h5-8,12H,4H2,1-3H3. The van der Waals surface area contributed by atoms with Gasteiger partial charge >= 0.3 is 5.97 Å². The van der Waals surface area contributed by atoms with Crippen molar-refractivity contribution in [1.29, 1.82) is 0 Å². The molecule has 0 saturated heterocycles. The molecule has 0 aliphatic heterocycles. The normalized spacial score (nSPS) is 13.3. The molecule has 0 N–H and O–H groups in total. The van der Waals surface area contributed by atoms with Crippen molar-refractivity contribution in [3.63, 3.8) is 0 Å². The first-order chi connectivity index (χ1) is 8.04. The van der Waals surface area contributed by atoms with Gasteiger partial charge in [0.15, 0.2) is 0 Å². The van der Waals surface area contributed by atoms with Gasteiger partial charge in [-0.3, -0.25) is 0 Å². The quantitative estimate of drug-likeness (QED) is 0.368. The average molecular weight is 298 g/mol. The number of oxime groups is 1. The second kappa shape index (κ2) is 6.55. The zero-order chi connectivity index (χ0) is 12.8. The van der Waals surface area contributed by atoms with Crippen LogP contribution in [-0.2, 0) is 4.84 Å². The number of carbonyl (C=O) groups excluding carboxylic acids is 1. The molecule has 92 valence electrons. The fourth-order valence-corrected chi connectivity index (χ4v) is 1.29. The summed E-state index contributed by atoms with van der Waals surface area (Å²) >= 11 is 3.44. The summed E-state index contributed by atoms with van der Waals surface area (Å²) in [6, 6.07) is 7.20. The third kappa shape index (κ3) is 4.30. The molecule has 0 aliphatic rings. The molecule has 17 heavy (non-hydrogen) atoms. The first-order valence-electron chi connectivity index (χ1n) is 5.51. The predicted molar refractivity (Wildman–Crippen MR) is 72.7 cm³/mol. The molecule has 0 saturated carbocycles. The maximum atomic E-state index is 11.6. The fourth-order valence-electron chi connectivity index (χ4n) is 1.21. The third-order valence-electron chi connectivity index (χ3n) is 2.37. The highest BCUT2D eigenvalue weighted by Crippen LogP contribution is 2.09. The van der Waals surface area contributed by atoms with Gasteiger partial charge in [-0.1, -0.05) is 45.7 Å². The average Bonchev–Trinajstić information content (AvgIpc) is 2.35. The Hall–Kier alpha value is -1.16. The van der Waals surface area contributed by atoms with Gasteiger partial charge < -0.3 is 4.84 Å². The monoisotopic (exact) mass is 297 g/mol. The van der Waals surface area contributed by atoms with Crippen molar-refractivity contribution < 1.29 is 9.63 Å². The van der Waals surface area contributed by atoms with Crippen molar-refractivity contribution in [2.24, 2.45) is 5.16 Å². The van der Waals surface area contributed by atoms with E-state index in [0.717, 1.165) is 17.7 Å². The van der Waals surface area contributed by atoms with Crippen LogP contribution in [0, 0.1) is 6.92 Å². The molecule has 0 bridgehead atoms. The van der Waals surface area contributed by atoms with Crippen molar-refractivity contribution in [3.05, 3.63) is 35.4 Å². The minimum Gasteiger partial charge on any atom is -0.313 e. The highest BCUT2D eigenvalue weighted by atomic mass is 79.9. The van der Waals surface area contributed by atoms with Crippen molar-refractivity contribution in [3.8, 4) is 0 Å². The van der Waals surface area contributed by atoms with E-state index in [1.165, 1.54) is 0 Å². The molecule has 0 aliphatic carbocycles. The molecule has 1 rings (SSSR count). The Morgan fingerprint density at radius 3 is 2.53 bits per heavy atom. The Balaban J connectivity index is 2.64. The van der Waals surface area contributed by atoms with E-state index in [-0.39, 0.29) is 4.83 Å². The fraction of sp³-hybridized carbons (Fsp3) is 0.385. The predicted octanol–water partition coefficient (Wildman–Crippen LogP) is 3.70. The lowest BCUT2D eigenvalue weighted by Gasteiger charge is -2.05. The Labute approximate surface area is 110 Å². The topological polar surface area (TPSA) is 38.7 Å². The van der Waals surface area contributed by atoms with Crippen LogP contribution < -0.4 is 0 Å². The van der Waals surface area contributed by atoms with E-state index in [2.05, 4.69) is 21.1 Å².